The van der Waals surface area contributed by atoms with E-state index in [2.05, 4.69) is 10.2 Å². The number of amides is 2. The number of halogens is 4. The van der Waals surface area contributed by atoms with Crippen LogP contribution in [0.15, 0.2) is 36.4 Å². The van der Waals surface area contributed by atoms with Gasteiger partial charge in [-0.05, 0) is 68.1 Å². The Labute approximate surface area is 256 Å². The number of aliphatic hydroxyl groups excluding tert-OH is 1. The largest absolute Gasteiger partial charge is 0.394 e. The summed E-state index contributed by atoms with van der Waals surface area (Å²) in [7, 11) is 1.63. The summed E-state index contributed by atoms with van der Waals surface area (Å²) in [5, 5.41) is 14.6. The number of hydrogen-bond donors (Lipinski definition) is 2. The quantitative estimate of drug-likeness (QED) is 0.311. The Morgan fingerprint density at radius 1 is 1.07 bits per heavy atom. The van der Waals surface area contributed by atoms with Crippen molar-refractivity contribution in [3.63, 3.8) is 0 Å². The maximum absolute atomic E-state index is 13.9. The zero-order chi connectivity index (χ0) is 29.4. The van der Waals surface area contributed by atoms with Crippen LogP contribution in [0.25, 0.3) is 0 Å². The molecule has 1 aliphatic heterocycles. The number of ether oxygens (including phenoxy) is 1. The van der Waals surface area contributed by atoms with E-state index in [9.17, 15) is 14.7 Å². The van der Waals surface area contributed by atoms with Gasteiger partial charge in [-0.2, -0.15) is 0 Å². The number of nitrogens with zero attached hydrogens (tertiary/aromatic N) is 2. The number of piperidine rings is 1. The fraction of sp³-hybridized carbons (Fsp3) is 0.517. The van der Waals surface area contributed by atoms with Gasteiger partial charge < -0.3 is 25.0 Å². The third-order valence-electron chi connectivity index (χ3n) is 7.76. The van der Waals surface area contributed by atoms with Crippen molar-refractivity contribution < 1.29 is 19.4 Å². The molecule has 2 aromatic rings. The number of rotatable bonds is 12. The Kier molecular flexibility index (Phi) is 12.4. The number of nitrogens with one attached hydrogen (secondary N) is 1. The molecule has 11 heteroatoms. The van der Waals surface area contributed by atoms with Crippen LogP contribution < -0.4 is 5.32 Å². The van der Waals surface area contributed by atoms with E-state index in [1.165, 1.54) is 0 Å². The minimum atomic E-state index is -0.974. The highest BCUT2D eigenvalue weighted by Crippen LogP contribution is 2.35. The summed E-state index contributed by atoms with van der Waals surface area (Å²) in [5.74, 6) is -0.201. The lowest BCUT2D eigenvalue weighted by Crippen LogP contribution is -2.50. The topological polar surface area (TPSA) is 82.1 Å². The van der Waals surface area contributed by atoms with Gasteiger partial charge in [0.2, 0.25) is 11.8 Å². The first kappa shape index (κ1) is 32.9. The first-order valence-electron chi connectivity index (χ1n) is 13.3. The summed E-state index contributed by atoms with van der Waals surface area (Å²) >= 11 is 24.8. The highest BCUT2D eigenvalue weighted by molar-refractivity contribution is 6.42. The lowest BCUT2D eigenvalue weighted by atomic mass is 9.78. The molecule has 2 amide bonds. The van der Waals surface area contributed by atoms with Crippen molar-refractivity contribution in [3.05, 3.63) is 67.6 Å². The molecule has 0 aromatic heterocycles. The average Bonchev–Trinajstić information content (AvgIpc) is 2.94. The number of hydrogen-bond acceptors (Lipinski definition) is 5. The van der Waals surface area contributed by atoms with Crippen LogP contribution >= 0.6 is 46.4 Å². The van der Waals surface area contributed by atoms with Crippen LogP contribution in [0.5, 0.6) is 0 Å². The van der Waals surface area contributed by atoms with Gasteiger partial charge in [-0.1, -0.05) is 58.5 Å². The highest BCUT2D eigenvalue weighted by Gasteiger charge is 2.38. The molecule has 1 aliphatic rings. The van der Waals surface area contributed by atoms with Gasteiger partial charge in [0.25, 0.3) is 0 Å². The van der Waals surface area contributed by atoms with E-state index in [0.29, 0.717) is 51.8 Å². The first-order valence-corrected chi connectivity index (χ1v) is 14.8. The van der Waals surface area contributed by atoms with Crippen LogP contribution in [0.1, 0.15) is 50.3 Å². The van der Waals surface area contributed by atoms with Gasteiger partial charge in [0.05, 0.1) is 44.8 Å². The van der Waals surface area contributed by atoms with Crippen LogP contribution in [0.4, 0.5) is 0 Å². The zero-order valence-electron chi connectivity index (χ0n) is 23.1. The van der Waals surface area contributed by atoms with Gasteiger partial charge in [-0.15, -0.1) is 0 Å². The predicted molar refractivity (Wildman–Crippen MR) is 162 cm³/mol. The standard InChI is InChI=1S/C29H37Cl4N3O4/c1-19(38)36(14-15-40-3)22-8-11-35(12-9-22)13-10-29(2,21-5-7-24(31)26(33)17-21)28(39)34-27(18-37)20-4-6-23(30)25(32)16-20/h4-7,16-17,22,27,37H,8-15,18H2,1-3H3,(H,34,39). The van der Waals surface area contributed by atoms with Crippen LogP contribution in [-0.4, -0.2) is 79.3 Å². The molecule has 2 unspecified atom stereocenters. The monoisotopic (exact) mass is 631 g/mol. The molecule has 2 N–H and O–H groups in total. The van der Waals surface area contributed by atoms with Crippen molar-refractivity contribution in [2.45, 2.75) is 50.6 Å². The summed E-state index contributed by atoms with van der Waals surface area (Å²) in [4.78, 5) is 30.3. The Hall–Kier alpha value is -1.58. The van der Waals surface area contributed by atoms with Crippen molar-refractivity contribution >= 4 is 58.2 Å². The van der Waals surface area contributed by atoms with E-state index in [4.69, 9.17) is 51.1 Å². The van der Waals surface area contributed by atoms with E-state index in [0.717, 1.165) is 31.5 Å². The fourth-order valence-corrected chi connectivity index (χ4v) is 5.74. The Morgan fingerprint density at radius 3 is 2.25 bits per heavy atom. The van der Waals surface area contributed by atoms with Crippen molar-refractivity contribution in [2.75, 3.05) is 46.5 Å². The molecule has 2 atom stereocenters. The number of likely N-dealkylation sites (tertiary alicyclic amines) is 1. The van der Waals surface area contributed by atoms with Crippen molar-refractivity contribution in [2.24, 2.45) is 0 Å². The lowest BCUT2D eigenvalue weighted by molar-refractivity contribution is -0.133. The van der Waals surface area contributed by atoms with Crippen LogP contribution in [-0.2, 0) is 19.7 Å². The van der Waals surface area contributed by atoms with Gasteiger partial charge in [0.15, 0.2) is 0 Å². The predicted octanol–water partition coefficient (Wildman–Crippen LogP) is 5.76. The summed E-state index contributed by atoms with van der Waals surface area (Å²) in [6, 6.07) is 9.73. The van der Waals surface area contributed by atoms with E-state index in [-0.39, 0.29) is 24.5 Å². The average molecular weight is 633 g/mol. The SMILES string of the molecule is COCCN(C(C)=O)C1CCN(CCC(C)(C(=O)NC(CO)c2ccc(Cl)c(Cl)c2)c2ccc(Cl)c(Cl)c2)CC1. The smallest absolute Gasteiger partial charge is 0.230 e. The summed E-state index contributed by atoms with van der Waals surface area (Å²) < 4.78 is 5.18. The van der Waals surface area contributed by atoms with Gasteiger partial charge in [0.1, 0.15) is 0 Å². The van der Waals surface area contributed by atoms with E-state index in [1.54, 1.807) is 44.4 Å². The van der Waals surface area contributed by atoms with Gasteiger partial charge in [-0.3, -0.25) is 9.59 Å². The number of carbonyl (C=O) groups excluding carboxylic acids is 2. The molecule has 0 aliphatic carbocycles. The van der Waals surface area contributed by atoms with Crippen molar-refractivity contribution in [1.29, 1.82) is 0 Å². The molecule has 0 spiro atoms. The first-order chi connectivity index (χ1) is 19.0. The lowest BCUT2D eigenvalue weighted by Gasteiger charge is -2.39. The third-order valence-corrected chi connectivity index (χ3v) is 9.24. The van der Waals surface area contributed by atoms with Gasteiger partial charge in [-0.25, -0.2) is 0 Å². The molecule has 2 aromatic carbocycles. The summed E-state index contributed by atoms with van der Waals surface area (Å²) in [6.07, 6.45) is 2.20. The number of methoxy groups -OCH3 is 1. The number of benzene rings is 2. The molecule has 0 saturated carbocycles. The Morgan fingerprint density at radius 2 is 1.70 bits per heavy atom. The van der Waals surface area contributed by atoms with E-state index < -0.39 is 11.5 Å². The molecule has 0 radical (unpaired) electrons. The maximum atomic E-state index is 13.9. The molecule has 1 heterocycles. The Balaban J connectivity index is 1.76. The minimum absolute atomic E-state index is 0.0553. The molecule has 1 saturated heterocycles. The van der Waals surface area contributed by atoms with E-state index >= 15 is 0 Å². The minimum Gasteiger partial charge on any atom is -0.394 e. The fourth-order valence-electron chi connectivity index (χ4n) is 5.13. The molecular weight excluding hydrogens is 596 g/mol. The van der Waals surface area contributed by atoms with Crippen LogP contribution in [0.3, 0.4) is 0 Å². The molecular formula is C29H37Cl4N3O4. The molecule has 1 fully saturated rings. The summed E-state index contributed by atoms with van der Waals surface area (Å²) in [5.41, 5.74) is 0.397. The van der Waals surface area contributed by atoms with Crippen LogP contribution in [0.2, 0.25) is 20.1 Å². The molecule has 3 rings (SSSR count). The van der Waals surface area contributed by atoms with Gasteiger partial charge in [0, 0.05) is 39.7 Å². The molecule has 7 nitrogen and oxygen atoms in total. The summed E-state index contributed by atoms with van der Waals surface area (Å²) in [6.45, 7) is 6.52. The normalized spacial score (nSPS) is 16.8. The second-order valence-corrected chi connectivity index (χ2v) is 12.0. The second kappa shape index (κ2) is 15.1. The van der Waals surface area contributed by atoms with Crippen molar-refractivity contribution in [3.8, 4) is 0 Å². The molecule has 40 heavy (non-hydrogen) atoms. The third kappa shape index (κ3) is 8.25. The van der Waals surface area contributed by atoms with Crippen molar-refractivity contribution in [1.82, 2.24) is 15.1 Å². The van der Waals surface area contributed by atoms with Crippen LogP contribution in [0, 0.1) is 0 Å². The molecule has 0 bridgehead atoms. The maximum Gasteiger partial charge on any atom is 0.230 e. The Bertz CT molecular complexity index is 1180. The van der Waals surface area contributed by atoms with Gasteiger partial charge >= 0.3 is 0 Å². The second-order valence-electron chi connectivity index (χ2n) is 10.4. The van der Waals surface area contributed by atoms with E-state index in [1.807, 2.05) is 17.9 Å². The number of aliphatic hydroxyl groups is 1. The molecule has 220 valence electrons. The zero-order valence-corrected chi connectivity index (χ0v) is 26.1. The highest BCUT2D eigenvalue weighted by atomic mass is 35.5. The number of carbonyl (C=O) groups is 2.